The lowest BCUT2D eigenvalue weighted by Gasteiger charge is -2.20. The van der Waals surface area contributed by atoms with Gasteiger partial charge in [-0.25, -0.2) is 0 Å². The normalized spacial score (nSPS) is 18.9. The number of hydrogen-bond donors (Lipinski definition) is 3. The fourth-order valence-corrected chi connectivity index (χ4v) is 0.622. The van der Waals surface area contributed by atoms with Crippen molar-refractivity contribution in [3.63, 3.8) is 0 Å². The molecule has 0 unspecified atom stereocenters. The molecule has 0 rings (SSSR count). The van der Waals surface area contributed by atoms with Crippen molar-refractivity contribution in [2.75, 3.05) is 13.7 Å². The lowest BCUT2D eigenvalue weighted by Crippen LogP contribution is -2.41. The van der Waals surface area contributed by atoms with Crippen LogP contribution in [-0.4, -0.2) is 53.6 Å². The van der Waals surface area contributed by atoms with Crippen LogP contribution >= 0.6 is 0 Å². The highest BCUT2D eigenvalue weighted by molar-refractivity contribution is 5.56. The second kappa shape index (κ2) is 5.20. The second-order valence-corrected chi connectivity index (χ2v) is 2.07. The summed E-state index contributed by atoms with van der Waals surface area (Å²) < 4.78 is 4.57. The standard InChI is InChI=1S/C6H12O5/c1-11-5(3-8)6(10)4(9)2-7/h2,4-6,8-10H,3H2,1H3/t4-,5-,6+/m1/s1. The highest BCUT2D eigenvalue weighted by atomic mass is 16.5. The third-order valence-electron chi connectivity index (χ3n) is 1.35. The molecule has 0 aliphatic rings. The number of aliphatic hydroxyl groups excluding tert-OH is 3. The maximum atomic E-state index is 9.94. The van der Waals surface area contributed by atoms with Crippen molar-refractivity contribution in [3.8, 4) is 0 Å². The summed E-state index contributed by atoms with van der Waals surface area (Å²) in [6, 6.07) is 0. The lowest BCUT2D eigenvalue weighted by atomic mass is 10.1. The maximum Gasteiger partial charge on any atom is 0.151 e. The Morgan fingerprint density at radius 1 is 1.55 bits per heavy atom. The van der Waals surface area contributed by atoms with Crippen LogP contribution in [0.3, 0.4) is 0 Å². The first-order valence-electron chi connectivity index (χ1n) is 3.12. The minimum absolute atomic E-state index is 0.187. The summed E-state index contributed by atoms with van der Waals surface area (Å²) in [5.74, 6) is 0. The van der Waals surface area contributed by atoms with E-state index in [2.05, 4.69) is 4.74 Å². The van der Waals surface area contributed by atoms with Gasteiger partial charge in [0.15, 0.2) is 6.29 Å². The SMILES string of the molecule is CO[C@H](CO)[C@@H](O)[C@H](O)C=O. The molecule has 0 saturated heterocycles. The predicted molar refractivity (Wildman–Crippen MR) is 36.0 cm³/mol. The molecule has 11 heavy (non-hydrogen) atoms. The van der Waals surface area contributed by atoms with Gasteiger partial charge < -0.3 is 24.9 Å². The van der Waals surface area contributed by atoms with Crippen molar-refractivity contribution in [1.82, 2.24) is 0 Å². The van der Waals surface area contributed by atoms with Gasteiger partial charge in [-0.05, 0) is 0 Å². The lowest BCUT2D eigenvalue weighted by molar-refractivity contribution is -0.130. The number of carbonyl (C=O) groups is 1. The fourth-order valence-electron chi connectivity index (χ4n) is 0.622. The molecule has 0 amide bonds. The van der Waals surface area contributed by atoms with Crippen LogP contribution in [0.25, 0.3) is 0 Å². The van der Waals surface area contributed by atoms with Crippen molar-refractivity contribution in [1.29, 1.82) is 0 Å². The van der Waals surface area contributed by atoms with E-state index in [9.17, 15) is 4.79 Å². The number of aliphatic hydroxyl groups is 3. The Morgan fingerprint density at radius 3 is 2.36 bits per heavy atom. The van der Waals surface area contributed by atoms with E-state index in [1.807, 2.05) is 0 Å². The number of hydrogen-bond acceptors (Lipinski definition) is 5. The molecule has 0 aliphatic heterocycles. The number of carbonyl (C=O) groups excluding carboxylic acids is 1. The Kier molecular flexibility index (Phi) is 4.97. The summed E-state index contributed by atoms with van der Waals surface area (Å²) in [4.78, 5) is 9.94. The number of ether oxygens (including phenoxy) is 1. The number of aldehydes is 1. The van der Waals surface area contributed by atoms with Gasteiger partial charge in [-0.3, -0.25) is 0 Å². The molecule has 0 spiro atoms. The van der Waals surface area contributed by atoms with Crippen LogP contribution in [0.1, 0.15) is 0 Å². The first-order valence-corrected chi connectivity index (χ1v) is 3.12. The summed E-state index contributed by atoms with van der Waals surface area (Å²) in [7, 11) is 1.27. The highest BCUT2D eigenvalue weighted by Gasteiger charge is 2.24. The zero-order chi connectivity index (χ0) is 8.85. The van der Waals surface area contributed by atoms with Gasteiger partial charge in [0.25, 0.3) is 0 Å². The molecular formula is C6H12O5. The number of rotatable bonds is 5. The molecule has 0 aromatic heterocycles. The van der Waals surface area contributed by atoms with Crippen LogP contribution < -0.4 is 0 Å². The number of methoxy groups -OCH3 is 1. The van der Waals surface area contributed by atoms with E-state index in [1.165, 1.54) is 7.11 Å². The van der Waals surface area contributed by atoms with E-state index >= 15 is 0 Å². The minimum Gasteiger partial charge on any atom is -0.394 e. The first kappa shape index (κ1) is 10.5. The monoisotopic (exact) mass is 164 g/mol. The molecule has 0 fully saturated rings. The summed E-state index contributed by atoms with van der Waals surface area (Å²) in [5, 5.41) is 26.3. The summed E-state index contributed by atoms with van der Waals surface area (Å²) in [5.41, 5.74) is 0. The molecule has 0 heterocycles. The van der Waals surface area contributed by atoms with Gasteiger partial charge in [0, 0.05) is 7.11 Å². The zero-order valence-corrected chi connectivity index (χ0v) is 6.17. The van der Waals surface area contributed by atoms with Gasteiger partial charge in [-0.1, -0.05) is 0 Å². The van der Waals surface area contributed by atoms with Gasteiger partial charge in [-0.15, -0.1) is 0 Å². The van der Waals surface area contributed by atoms with Gasteiger partial charge in [-0.2, -0.15) is 0 Å². The van der Waals surface area contributed by atoms with Crippen molar-refractivity contribution in [3.05, 3.63) is 0 Å². The van der Waals surface area contributed by atoms with Crippen LogP contribution in [0.5, 0.6) is 0 Å². The molecule has 0 aromatic carbocycles. The summed E-state index contributed by atoms with van der Waals surface area (Å²) in [6.07, 6.45) is -3.61. The average Bonchev–Trinajstić information content (AvgIpc) is 2.05. The Bertz CT molecular complexity index is 112. The van der Waals surface area contributed by atoms with E-state index in [1.54, 1.807) is 0 Å². The van der Waals surface area contributed by atoms with Crippen molar-refractivity contribution in [2.45, 2.75) is 18.3 Å². The molecule has 0 aliphatic carbocycles. The van der Waals surface area contributed by atoms with E-state index in [0.717, 1.165) is 0 Å². The van der Waals surface area contributed by atoms with Crippen LogP contribution in [0.4, 0.5) is 0 Å². The molecule has 0 saturated carbocycles. The Labute approximate surface area is 64.2 Å². The Balaban J connectivity index is 3.95. The van der Waals surface area contributed by atoms with E-state index in [-0.39, 0.29) is 6.29 Å². The molecule has 3 atom stereocenters. The van der Waals surface area contributed by atoms with Crippen LogP contribution in [-0.2, 0) is 9.53 Å². The summed E-state index contributed by atoms with van der Waals surface area (Å²) >= 11 is 0. The van der Waals surface area contributed by atoms with Crippen molar-refractivity contribution >= 4 is 6.29 Å². The maximum absolute atomic E-state index is 9.94. The Hall–Kier alpha value is -0.490. The quantitative estimate of drug-likeness (QED) is 0.406. The third kappa shape index (κ3) is 2.94. The molecule has 3 N–H and O–H groups in total. The third-order valence-corrected chi connectivity index (χ3v) is 1.35. The van der Waals surface area contributed by atoms with E-state index < -0.39 is 24.9 Å². The zero-order valence-electron chi connectivity index (χ0n) is 6.17. The minimum atomic E-state index is -1.51. The molecule has 0 radical (unpaired) electrons. The van der Waals surface area contributed by atoms with Gasteiger partial charge in [0.05, 0.1) is 6.61 Å². The van der Waals surface area contributed by atoms with Crippen LogP contribution in [0, 0.1) is 0 Å². The second-order valence-electron chi connectivity index (χ2n) is 2.07. The average molecular weight is 164 g/mol. The topological polar surface area (TPSA) is 87.0 Å². The van der Waals surface area contributed by atoms with Crippen LogP contribution in [0.15, 0.2) is 0 Å². The van der Waals surface area contributed by atoms with Crippen molar-refractivity contribution < 1.29 is 24.9 Å². The molecule has 0 bridgehead atoms. The van der Waals surface area contributed by atoms with E-state index in [0.29, 0.717) is 0 Å². The van der Waals surface area contributed by atoms with E-state index in [4.69, 9.17) is 15.3 Å². The summed E-state index contributed by atoms with van der Waals surface area (Å²) in [6.45, 7) is -0.442. The van der Waals surface area contributed by atoms with Gasteiger partial charge >= 0.3 is 0 Å². The molecule has 0 aromatic rings. The van der Waals surface area contributed by atoms with Crippen LogP contribution in [0.2, 0.25) is 0 Å². The first-order chi connectivity index (χ1) is 5.17. The Morgan fingerprint density at radius 2 is 2.09 bits per heavy atom. The predicted octanol–water partition coefficient (Wildman–Crippen LogP) is -2.09. The van der Waals surface area contributed by atoms with Crippen molar-refractivity contribution in [2.24, 2.45) is 0 Å². The molecule has 66 valence electrons. The molecule has 5 nitrogen and oxygen atoms in total. The smallest absolute Gasteiger partial charge is 0.151 e. The molecular weight excluding hydrogens is 152 g/mol. The van der Waals surface area contributed by atoms with Gasteiger partial charge in [0.1, 0.15) is 18.3 Å². The molecule has 5 heteroatoms. The highest BCUT2D eigenvalue weighted by Crippen LogP contribution is 2.00. The fraction of sp³-hybridized carbons (Fsp3) is 0.833. The van der Waals surface area contributed by atoms with Gasteiger partial charge in [0.2, 0.25) is 0 Å². The largest absolute Gasteiger partial charge is 0.394 e.